The van der Waals surface area contributed by atoms with E-state index in [0.717, 1.165) is 16.9 Å². The van der Waals surface area contributed by atoms with Crippen molar-refractivity contribution in [3.63, 3.8) is 0 Å². The van der Waals surface area contributed by atoms with Crippen LogP contribution in [0, 0.1) is 0 Å². The van der Waals surface area contributed by atoms with Crippen molar-refractivity contribution in [1.82, 2.24) is 5.43 Å². The summed E-state index contributed by atoms with van der Waals surface area (Å²) in [7, 11) is 0. The first kappa shape index (κ1) is 20.9. The van der Waals surface area contributed by atoms with Crippen LogP contribution in [0.5, 0.6) is 11.5 Å². The minimum absolute atomic E-state index is 0.163. The summed E-state index contributed by atoms with van der Waals surface area (Å²) in [5.41, 5.74) is 4.36. The third-order valence-electron chi connectivity index (χ3n) is 3.78. The molecule has 0 bridgehead atoms. The number of halogens is 2. The summed E-state index contributed by atoms with van der Waals surface area (Å²) in [4.78, 5) is 11.8. The molecular formula is C22H18BrClN2O3. The van der Waals surface area contributed by atoms with Crippen molar-refractivity contribution in [2.24, 2.45) is 5.10 Å². The molecule has 0 aromatic heterocycles. The highest BCUT2D eigenvalue weighted by Gasteiger charge is 2.05. The monoisotopic (exact) mass is 472 g/mol. The van der Waals surface area contributed by atoms with Crippen molar-refractivity contribution in [2.45, 2.75) is 6.61 Å². The van der Waals surface area contributed by atoms with Gasteiger partial charge in [-0.1, -0.05) is 41.9 Å². The van der Waals surface area contributed by atoms with Crippen LogP contribution in [0.4, 0.5) is 0 Å². The Bertz CT molecular complexity index is 979. The van der Waals surface area contributed by atoms with E-state index in [-0.39, 0.29) is 12.5 Å². The predicted octanol–water partition coefficient (Wildman–Crippen LogP) is 5.21. The van der Waals surface area contributed by atoms with E-state index in [1.807, 2.05) is 54.6 Å². The minimum atomic E-state index is -0.370. The minimum Gasteiger partial charge on any atom is -0.489 e. The Hall–Kier alpha value is -2.83. The van der Waals surface area contributed by atoms with Crippen LogP contribution in [0.2, 0.25) is 5.02 Å². The Morgan fingerprint density at radius 1 is 1.03 bits per heavy atom. The van der Waals surface area contributed by atoms with E-state index in [1.54, 1.807) is 24.4 Å². The molecule has 0 spiro atoms. The maximum Gasteiger partial charge on any atom is 0.277 e. The number of hydrogen-bond donors (Lipinski definition) is 1. The zero-order valence-electron chi connectivity index (χ0n) is 15.3. The molecule has 0 saturated heterocycles. The SMILES string of the molecule is O=C(COc1ccc(Cl)cc1Br)N/N=C/c1ccc(OCc2ccccc2)cc1. The Morgan fingerprint density at radius 3 is 2.52 bits per heavy atom. The lowest BCUT2D eigenvalue weighted by Crippen LogP contribution is -2.24. The molecule has 148 valence electrons. The van der Waals surface area contributed by atoms with Crippen molar-refractivity contribution >= 4 is 39.7 Å². The predicted molar refractivity (Wildman–Crippen MR) is 118 cm³/mol. The lowest BCUT2D eigenvalue weighted by Gasteiger charge is -2.07. The Labute approximate surface area is 182 Å². The number of carbonyl (C=O) groups excluding carboxylic acids is 1. The molecule has 7 heteroatoms. The first-order valence-electron chi connectivity index (χ1n) is 8.77. The van der Waals surface area contributed by atoms with Gasteiger partial charge < -0.3 is 9.47 Å². The van der Waals surface area contributed by atoms with E-state index in [9.17, 15) is 4.79 Å². The van der Waals surface area contributed by atoms with Gasteiger partial charge in [-0.3, -0.25) is 4.79 Å². The second-order valence-electron chi connectivity index (χ2n) is 6.00. The first-order chi connectivity index (χ1) is 14.1. The summed E-state index contributed by atoms with van der Waals surface area (Å²) < 4.78 is 11.8. The fraction of sp³-hybridized carbons (Fsp3) is 0.0909. The molecule has 0 atom stereocenters. The molecule has 0 fully saturated rings. The Kier molecular flexibility index (Phi) is 7.67. The maximum absolute atomic E-state index is 11.8. The highest BCUT2D eigenvalue weighted by molar-refractivity contribution is 9.10. The van der Waals surface area contributed by atoms with Gasteiger partial charge in [0.25, 0.3) is 5.91 Å². The summed E-state index contributed by atoms with van der Waals surface area (Å²) in [6.45, 7) is 0.345. The fourth-order valence-corrected chi connectivity index (χ4v) is 3.13. The molecule has 29 heavy (non-hydrogen) atoms. The van der Waals surface area contributed by atoms with Gasteiger partial charge in [-0.15, -0.1) is 0 Å². The summed E-state index contributed by atoms with van der Waals surface area (Å²) in [5, 5.41) is 4.51. The smallest absolute Gasteiger partial charge is 0.277 e. The van der Waals surface area contributed by atoms with Gasteiger partial charge in [0, 0.05) is 5.02 Å². The number of ether oxygens (including phenoxy) is 2. The molecule has 3 aromatic carbocycles. The van der Waals surface area contributed by atoms with Crippen LogP contribution in [0.1, 0.15) is 11.1 Å². The third kappa shape index (κ3) is 6.93. The van der Waals surface area contributed by atoms with Crippen molar-refractivity contribution in [1.29, 1.82) is 0 Å². The van der Waals surface area contributed by atoms with Gasteiger partial charge in [-0.2, -0.15) is 5.10 Å². The number of nitrogens with one attached hydrogen (secondary N) is 1. The molecule has 0 saturated carbocycles. The average Bonchev–Trinajstić information content (AvgIpc) is 2.73. The third-order valence-corrected chi connectivity index (χ3v) is 4.64. The molecule has 0 radical (unpaired) electrons. The zero-order valence-corrected chi connectivity index (χ0v) is 17.7. The van der Waals surface area contributed by atoms with Crippen LogP contribution < -0.4 is 14.9 Å². The number of hydrogen-bond acceptors (Lipinski definition) is 4. The van der Waals surface area contributed by atoms with Crippen LogP contribution in [-0.4, -0.2) is 18.7 Å². The summed E-state index contributed by atoms with van der Waals surface area (Å²) in [5.74, 6) is 0.919. The first-order valence-corrected chi connectivity index (χ1v) is 9.94. The van der Waals surface area contributed by atoms with Gasteiger partial charge in [0.05, 0.1) is 10.7 Å². The lowest BCUT2D eigenvalue weighted by molar-refractivity contribution is -0.123. The Morgan fingerprint density at radius 2 is 1.79 bits per heavy atom. The van der Waals surface area contributed by atoms with Crippen LogP contribution in [0.3, 0.4) is 0 Å². The standard InChI is InChI=1S/C22H18BrClN2O3/c23-20-12-18(24)8-11-21(20)29-15-22(27)26-25-13-16-6-9-19(10-7-16)28-14-17-4-2-1-3-5-17/h1-13H,14-15H2,(H,26,27)/b25-13+. The second kappa shape index (κ2) is 10.6. The largest absolute Gasteiger partial charge is 0.489 e. The quantitative estimate of drug-likeness (QED) is 0.361. The van der Waals surface area contributed by atoms with Gasteiger partial charge in [0.2, 0.25) is 0 Å². The molecule has 0 heterocycles. The van der Waals surface area contributed by atoms with Crippen molar-refractivity contribution in [2.75, 3.05) is 6.61 Å². The van der Waals surface area contributed by atoms with Gasteiger partial charge >= 0.3 is 0 Å². The van der Waals surface area contributed by atoms with Crippen molar-refractivity contribution in [3.05, 3.63) is 93.4 Å². The number of rotatable bonds is 8. The number of amides is 1. The molecule has 3 rings (SSSR count). The van der Waals surface area contributed by atoms with E-state index >= 15 is 0 Å². The van der Waals surface area contributed by atoms with Gasteiger partial charge in [-0.25, -0.2) is 5.43 Å². The summed E-state index contributed by atoms with van der Waals surface area (Å²) in [6, 6.07) is 22.4. The van der Waals surface area contributed by atoms with Crippen LogP contribution in [-0.2, 0) is 11.4 Å². The van der Waals surface area contributed by atoms with Gasteiger partial charge in [-0.05, 0) is 69.5 Å². The van der Waals surface area contributed by atoms with Gasteiger partial charge in [0.1, 0.15) is 18.1 Å². The van der Waals surface area contributed by atoms with Crippen LogP contribution >= 0.6 is 27.5 Å². The fourth-order valence-electron chi connectivity index (χ4n) is 2.34. The number of nitrogens with zero attached hydrogens (tertiary/aromatic N) is 1. The lowest BCUT2D eigenvalue weighted by atomic mass is 10.2. The molecule has 1 amide bonds. The second-order valence-corrected chi connectivity index (χ2v) is 7.29. The Balaban J connectivity index is 1.43. The molecule has 0 aliphatic carbocycles. The molecule has 5 nitrogen and oxygen atoms in total. The number of hydrazone groups is 1. The van der Waals surface area contributed by atoms with E-state index in [4.69, 9.17) is 21.1 Å². The average molecular weight is 474 g/mol. The molecule has 0 aliphatic rings. The van der Waals surface area contributed by atoms with Crippen molar-refractivity contribution in [3.8, 4) is 11.5 Å². The van der Waals surface area contributed by atoms with Crippen molar-refractivity contribution < 1.29 is 14.3 Å². The van der Waals surface area contributed by atoms with Crippen LogP contribution in [0.15, 0.2) is 82.4 Å². The molecule has 3 aromatic rings. The van der Waals surface area contributed by atoms with E-state index in [0.29, 0.717) is 21.9 Å². The van der Waals surface area contributed by atoms with Crippen LogP contribution in [0.25, 0.3) is 0 Å². The highest BCUT2D eigenvalue weighted by atomic mass is 79.9. The maximum atomic E-state index is 11.8. The summed E-state index contributed by atoms with van der Waals surface area (Å²) >= 11 is 9.20. The van der Waals surface area contributed by atoms with E-state index < -0.39 is 0 Å². The topological polar surface area (TPSA) is 59.9 Å². The molecular weight excluding hydrogens is 456 g/mol. The van der Waals surface area contributed by atoms with E-state index in [2.05, 4.69) is 26.5 Å². The van der Waals surface area contributed by atoms with Gasteiger partial charge in [0.15, 0.2) is 6.61 Å². The molecule has 0 aliphatic heterocycles. The number of carbonyl (C=O) groups is 1. The molecule has 1 N–H and O–H groups in total. The highest BCUT2D eigenvalue weighted by Crippen LogP contribution is 2.27. The van der Waals surface area contributed by atoms with E-state index in [1.165, 1.54) is 0 Å². The summed E-state index contributed by atoms with van der Waals surface area (Å²) in [6.07, 6.45) is 1.55. The zero-order chi connectivity index (χ0) is 20.5. The number of benzene rings is 3. The molecule has 0 unspecified atom stereocenters. The normalized spacial score (nSPS) is 10.7.